The van der Waals surface area contributed by atoms with E-state index in [1.54, 1.807) is 5.56 Å². The highest BCUT2D eigenvalue weighted by molar-refractivity contribution is 7.99. The minimum absolute atomic E-state index is 0.441. The smallest absolute Gasteiger partial charge is 0.0108 e. The maximum atomic E-state index is 5.95. The number of rotatable bonds is 2. The van der Waals surface area contributed by atoms with Crippen LogP contribution in [-0.2, 0) is 0 Å². The molecule has 0 aromatic heterocycles. The lowest BCUT2D eigenvalue weighted by Crippen LogP contribution is -2.41. The van der Waals surface area contributed by atoms with E-state index in [1.165, 1.54) is 43.1 Å². The zero-order valence-electron chi connectivity index (χ0n) is 10.1. The van der Waals surface area contributed by atoms with Crippen molar-refractivity contribution in [2.75, 3.05) is 25.4 Å². The summed E-state index contributed by atoms with van der Waals surface area (Å²) in [6.45, 7) is 3.59. The fourth-order valence-corrected chi connectivity index (χ4v) is 4.07. The second-order valence-electron chi connectivity index (χ2n) is 5.18. The average Bonchev–Trinajstić information content (AvgIpc) is 2.76. The Kier molecular flexibility index (Phi) is 3.41. The lowest BCUT2D eigenvalue weighted by molar-refractivity contribution is 0.205. The monoisotopic (exact) mass is 248 g/mol. The second-order valence-corrected chi connectivity index (χ2v) is 6.25. The number of thioether (sulfide) groups is 1. The molecule has 2 aliphatic rings. The van der Waals surface area contributed by atoms with E-state index >= 15 is 0 Å². The van der Waals surface area contributed by atoms with Gasteiger partial charge in [0.1, 0.15) is 0 Å². The summed E-state index contributed by atoms with van der Waals surface area (Å²) in [6.07, 6.45) is 2.34. The number of likely N-dealkylation sites (tertiary alicyclic amines) is 1. The molecule has 0 amide bonds. The number of nitrogens with two attached hydrogens (primary N) is 1. The van der Waals surface area contributed by atoms with Crippen LogP contribution < -0.4 is 5.73 Å². The molecule has 0 saturated carbocycles. The van der Waals surface area contributed by atoms with Gasteiger partial charge in [0.05, 0.1) is 0 Å². The van der Waals surface area contributed by atoms with Gasteiger partial charge in [0.25, 0.3) is 0 Å². The number of fused-ring (bicyclic) bond motifs is 1. The highest BCUT2D eigenvalue weighted by Crippen LogP contribution is 2.39. The van der Waals surface area contributed by atoms with Gasteiger partial charge in [0.2, 0.25) is 0 Å². The van der Waals surface area contributed by atoms with Crippen molar-refractivity contribution in [3.8, 4) is 0 Å². The molecule has 2 nitrogen and oxygen atoms in total. The van der Waals surface area contributed by atoms with E-state index in [4.69, 9.17) is 5.73 Å². The Balaban J connectivity index is 1.64. The molecule has 1 saturated heterocycles. The minimum Gasteiger partial charge on any atom is -0.328 e. The topological polar surface area (TPSA) is 29.3 Å². The Morgan fingerprint density at radius 3 is 2.82 bits per heavy atom. The molecule has 1 atom stereocenters. The summed E-state index contributed by atoms with van der Waals surface area (Å²) in [5, 5.41) is 0. The van der Waals surface area contributed by atoms with Crippen molar-refractivity contribution in [2.45, 2.75) is 29.7 Å². The second kappa shape index (κ2) is 5.01. The van der Waals surface area contributed by atoms with Gasteiger partial charge in [-0.25, -0.2) is 0 Å². The van der Waals surface area contributed by atoms with E-state index in [0.29, 0.717) is 6.04 Å². The van der Waals surface area contributed by atoms with E-state index in [9.17, 15) is 0 Å². The molecule has 1 unspecified atom stereocenters. The molecule has 92 valence electrons. The maximum absolute atomic E-state index is 5.95. The van der Waals surface area contributed by atoms with Gasteiger partial charge in [-0.05, 0) is 37.6 Å². The molecule has 0 spiro atoms. The fourth-order valence-electron chi connectivity index (χ4n) is 2.83. The third kappa shape index (κ3) is 2.51. The van der Waals surface area contributed by atoms with Crippen molar-refractivity contribution in [3.05, 3.63) is 29.8 Å². The molecule has 3 heteroatoms. The number of benzene rings is 1. The van der Waals surface area contributed by atoms with Crippen molar-refractivity contribution in [2.24, 2.45) is 5.73 Å². The lowest BCUT2D eigenvalue weighted by Gasteiger charge is -2.32. The van der Waals surface area contributed by atoms with Crippen LogP contribution in [-0.4, -0.2) is 36.3 Å². The van der Waals surface area contributed by atoms with E-state index in [0.717, 1.165) is 5.92 Å². The highest BCUT2D eigenvalue weighted by atomic mass is 32.2. The minimum atomic E-state index is 0.441. The van der Waals surface area contributed by atoms with Gasteiger partial charge in [0.15, 0.2) is 0 Å². The van der Waals surface area contributed by atoms with Gasteiger partial charge in [-0.2, -0.15) is 0 Å². The van der Waals surface area contributed by atoms with Crippen molar-refractivity contribution >= 4 is 11.8 Å². The summed E-state index contributed by atoms with van der Waals surface area (Å²) in [7, 11) is 0. The van der Waals surface area contributed by atoms with Crippen molar-refractivity contribution in [1.82, 2.24) is 4.90 Å². The Morgan fingerprint density at radius 1 is 1.24 bits per heavy atom. The zero-order chi connectivity index (χ0) is 11.7. The van der Waals surface area contributed by atoms with Gasteiger partial charge in [-0.15, -0.1) is 11.8 Å². The van der Waals surface area contributed by atoms with Crippen molar-refractivity contribution in [1.29, 1.82) is 0 Å². The van der Waals surface area contributed by atoms with Gasteiger partial charge >= 0.3 is 0 Å². The van der Waals surface area contributed by atoms with Crippen LogP contribution in [0.2, 0.25) is 0 Å². The Hall–Kier alpha value is -0.510. The summed E-state index contributed by atoms with van der Waals surface area (Å²) in [5.74, 6) is 1.98. The Morgan fingerprint density at radius 2 is 2.00 bits per heavy atom. The van der Waals surface area contributed by atoms with Crippen molar-refractivity contribution < 1.29 is 0 Å². The molecule has 0 aliphatic carbocycles. The molecule has 0 radical (unpaired) electrons. The molecule has 1 aromatic rings. The first-order valence-corrected chi connectivity index (χ1v) is 7.51. The van der Waals surface area contributed by atoms with Crippen LogP contribution in [0, 0.1) is 0 Å². The van der Waals surface area contributed by atoms with Crippen LogP contribution in [0.5, 0.6) is 0 Å². The molecule has 2 N–H and O–H groups in total. The first-order chi connectivity index (χ1) is 8.33. The lowest BCUT2D eigenvalue weighted by atomic mass is 9.99. The fraction of sp³-hybridized carbons (Fsp3) is 0.571. The number of piperidine rings is 1. The van der Waals surface area contributed by atoms with Crippen LogP contribution in [0.25, 0.3) is 0 Å². The first-order valence-electron chi connectivity index (χ1n) is 6.52. The van der Waals surface area contributed by atoms with E-state index < -0.39 is 0 Å². The average molecular weight is 248 g/mol. The first kappa shape index (κ1) is 11.6. The van der Waals surface area contributed by atoms with Crippen molar-refractivity contribution in [3.63, 3.8) is 0 Å². The van der Waals surface area contributed by atoms with Crippen LogP contribution in [0.1, 0.15) is 24.3 Å². The third-order valence-electron chi connectivity index (χ3n) is 3.91. The predicted octanol–water partition coefficient (Wildman–Crippen LogP) is 2.30. The summed E-state index contributed by atoms with van der Waals surface area (Å²) in [5.41, 5.74) is 7.51. The largest absolute Gasteiger partial charge is 0.328 e. The SMILES string of the molecule is NC1CCN(CC2CSc3ccccc32)CC1. The van der Waals surface area contributed by atoms with Crippen LogP contribution >= 0.6 is 11.8 Å². The van der Waals surface area contributed by atoms with Gasteiger partial charge < -0.3 is 10.6 Å². The number of hydrogen-bond acceptors (Lipinski definition) is 3. The van der Waals surface area contributed by atoms with Crippen LogP contribution in [0.4, 0.5) is 0 Å². The molecular weight excluding hydrogens is 228 g/mol. The number of hydrogen-bond donors (Lipinski definition) is 1. The molecule has 17 heavy (non-hydrogen) atoms. The Labute approximate surface area is 108 Å². The van der Waals surface area contributed by atoms with E-state index in [-0.39, 0.29) is 0 Å². The van der Waals surface area contributed by atoms with Gasteiger partial charge in [0, 0.05) is 29.2 Å². The van der Waals surface area contributed by atoms with Crippen LogP contribution in [0.3, 0.4) is 0 Å². The molecule has 2 heterocycles. The molecule has 1 fully saturated rings. The molecule has 2 aliphatic heterocycles. The molecule has 3 rings (SSSR count). The summed E-state index contributed by atoms with van der Waals surface area (Å²) < 4.78 is 0. The molecule has 1 aromatic carbocycles. The standard InChI is InChI=1S/C14H20N2S/c15-12-5-7-16(8-6-12)9-11-10-17-14-4-2-1-3-13(11)14/h1-4,11-12H,5-10,15H2. The Bertz CT molecular complexity index is 386. The maximum Gasteiger partial charge on any atom is 0.0108 e. The van der Waals surface area contributed by atoms with Gasteiger partial charge in [-0.1, -0.05) is 18.2 Å². The van der Waals surface area contributed by atoms with Crippen LogP contribution in [0.15, 0.2) is 29.2 Å². The summed E-state index contributed by atoms with van der Waals surface area (Å²) in [6, 6.07) is 9.32. The molecule has 0 bridgehead atoms. The number of nitrogens with zero attached hydrogens (tertiary/aromatic N) is 1. The van der Waals surface area contributed by atoms with Gasteiger partial charge in [-0.3, -0.25) is 0 Å². The predicted molar refractivity (Wildman–Crippen MR) is 73.6 cm³/mol. The third-order valence-corrected chi connectivity index (χ3v) is 5.16. The zero-order valence-corrected chi connectivity index (χ0v) is 11.0. The van der Waals surface area contributed by atoms with E-state index in [2.05, 4.69) is 29.2 Å². The molecular formula is C14H20N2S. The summed E-state index contributed by atoms with van der Waals surface area (Å²) >= 11 is 2.01. The summed E-state index contributed by atoms with van der Waals surface area (Å²) in [4.78, 5) is 4.09. The van der Waals surface area contributed by atoms with E-state index in [1.807, 2.05) is 11.8 Å². The normalized spacial score (nSPS) is 26.1. The highest BCUT2D eigenvalue weighted by Gasteiger charge is 2.26. The quantitative estimate of drug-likeness (QED) is 0.871.